The lowest BCUT2D eigenvalue weighted by atomic mass is 10.1. The molecule has 0 spiro atoms. The number of ether oxygens (including phenoxy) is 2. The fourth-order valence-corrected chi connectivity index (χ4v) is 3.75. The lowest BCUT2D eigenvalue weighted by molar-refractivity contribution is 0.0670. The Balaban J connectivity index is 1.58. The maximum Gasteiger partial charge on any atom is 0.258 e. The van der Waals surface area contributed by atoms with Gasteiger partial charge in [-0.05, 0) is 42.7 Å². The molecule has 29 heavy (non-hydrogen) atoms. The van der Waals surface area contributed by atoms with Gasteiger partial charge in [-0.15, -0.1) is 0 Å². The number of halogens is 1. The minimum atomic E-state index is -0.390. The van der Waals surface area contributed by atoms with Crippen LogP contribution in [-0.4, -0.2) is 41.2 Å². The van der Waals surface area contributed by atoms with Crippen LogP contribution in [0.2, 0.25) is 0 Å². The second kappa shape index (κ2) is 8.71. The zero-order valence-electron chi connectivity index (χ0n) is 16.4. The number of aromatic nitrogens is 2. The van der Waals surface area contributed by atoms with E-state index in [4.69, 9.17) is 9.47 Å². The van der Waals surface area contributed by atoms with Crippen molar-refractivity contribution in [3.8, 4) is 5.75 Å². The zero-order chi connectivity index (χ0) is 20.2. The molecule has 1 N–H and O–H groups in total. The van der Waals surface area contributed by atoms with E-state index < -0.39 is 0 Å². The first-order valence-corrected chi connectivity index (χ1v) is 9.76. The molecule has 4 rings (SSSR count). The molecule has 7 heteroatoms. The third-order valence-electron chi connectivity index (χ3n) is 5.14. The summed E-state index contributed by atoms with van der Waals surface area (Å²) in [6.45, 7) is 2.40. The van der Waals surface area contributed by atoms with E-state index >= 15 is 0 Å². The Morgan fingerprint density at radius 2 is 2.14 bits per heavy atom. The van der Waals surface area contributed by atoms with Gasteiger partial charge in [-0.1, -0.05) is 18.2 Å². The molecular formula is C22H24FN3O3. The summed E-state index contributed by atoms with van der Waals surface area (Å²) in [6, 6.07) is 12.2. The average molecular weight is 397 g/mol. The van der Waals surface area contributed by atoms with Crippen LogP contribution in [-0.2, 0) is 17.8 Å². The molecule has 0 amide bonds. The molecule has 1 fully saturated rings. The summed E-state index contributed by atoms with van der Waals surface area (Å²) in [6.07, 6.45) is 2.17. The van der Waals surface area contributed by atoms with Gasteiger partial charge in [0.25, 0.3) is 5.56 Å². The standard InChI is InChI=1S/C22H24FN3O3/c1-28-20-9-8-15(11-18(20)23)12-26(13-16-5-4-10-29-16)14-21-24-19-7-3-2-6-17(19)22(27)25-21/h2-3,6-9,11,16H,4-5,10,12-14H2,1H3,(H,24,25,27). The number of methoxy groups -OCH3 is 1. The summed E-state index contributed by atoms with van der Waals surface area (Å²) in [5, 5.41) is 0.569. The molecule has 0 saturated carbocycles. The predicted molar refractivity (Wildman–Crippen MR) is 108 cm³/mol. The Kier molecular flexibility index (Phi) is 5.87. The molecule has 0 aliphatic carbocycles. The quantitative estimate of drug-likeness (QED) is 0.663. The topological polar surface area (TPSA) is 67.5 Å². The molecule has 1 aromatic heterocycles. The lowest BCUT2D eigenvalue weighted by Gasteiger charge is -2.25. The van der Waals surface area contributed by atoms with Gasteiger partial charge in [-0.2, -0.15) is 0 Å². The number of aromatic amines is 1. The van der Waals surface area contributed by atoms with E-state index in [2.05, 4.69) is 14.9 Å². The predicted octanol–water partition coefficient (Wildman–Crippen LogP) is 3.25. The van der Waals surface area contributed by atoms with E-state index in [1.165, 1.54) is 13.2 Å². The van der Waals surface area contributed by atoms with Crippen LogP contribution >= 0.6 is 0 Å². The van der Waals surface area contributed by atoms with E-state index in [1.54, 1.807) is 12.1 Å². The monoisotopic (exact) mass is 397 g/mol. The minimum absolute atomic E-state index is 0.130. The first kappa shape index (κ1) is 19.5. The lowest BCUT2D eigenvalue weighted by Crippen LogP contribution is -2.32. The van der Waals surface area contributed by atoms with Crippen molar-refractivity contribution in [2.75, 3.05) is 20.3 Å². The number of para-hydroxylation sites is 1. The van der Waals surface area contributed by atoms with E-state index in [0.29, 0.717) is 36.4 Å². The summed E-state index contributed by atoms with van der Waals surface area (Å²) in [4.78, 5) is 22.0. The van der Waals surface area contributed by atoms with Crippen molar-refractivity contribution in [1.82, 2.24) is 14.9 Å². The summed E-state index contributed by atoms with van der Waals surface area (Å²) >= 11 is 0. The van der Waals surface area contributed by atoms with Crippen molar-refractivity contribution >= 4 is 10.9 Å². The second-order valence-corrected chi connectivity index (χ2v) is 7.30. The third-order valence-corrected chi connectivity index (χ3v) is 5.14. The van der Waals surface area contributed by atoms with E-state index in [-0.39, 0.29) is 23.2 Å². The molecule has 2 aromatic carbocycles. The Hall–Kier alpha value is -2.77. The number of nitrogens with zero attached hydrogens (tertiary/aromatic N) is 2. The highest BCUT2D eigenvalue weighted by molar-refractivity contribution is 5.77. The number of fused-ring (bicyclic) bond motifs is 1. The van der Waals surface area contributed by atoms with Crippen LogP contribution in [0.4, 0.5) is 4.39 Å². The Morgan fingerprint density at radius 3 is 2.90 bits per heavy atom. The largest absolute Gasteiger partial charge is 0.494 e. The number of hydrogen-bond donors (Lipinski definition) is 1. The summed E-state index contributed by atoms with van der Waals surface area (Å²) < 4.78 is 24.9. The minimum Gasteiger partial charge on any atom is -0.494 e. The van der Waals surface area contributed by atoms with Crippen molar-refractivity contribution in [2.24, 2.45) is 0 Å². The van der Waals surface area contributed by atoms with E-state index in [1.807, 2.05) is 24.3 Å². The molecule has 6 nitrogen and oxygen atoms in total. The van der Waals surface area contributed by atoms with Crippen LogP contribution in [0.15, 0.2) is 47.3 Å². The molecule has 0 radical (unpaired) electrons. The van der Waals surface area contributed by atoms with Gasteiger partial charge < -0.3 is 14.5 Å². The van der Waals surface area contributed by atoms with Crippen LogP contribution in [0.5, 0.6) is 5.75 Å². The molecule has 152 valence electrons. The van der Waals surface area contributed by atoms with Crippen LogP contribution in [0, 0.1) is 5.82 Å². The summed E-state index contributed by atoms with van der Waals surface area (Å²) in [7, 11) is 1.45. The van der Waals surface area contributed by atoms with Crippen LogP contribution in [0.1, 0.15) is 24.2 Å². The Labute approximate surface area is 168 Å². The third kappa shape index (κ3) is 4.63. The number of benzene rings is 2. The van der Waals surface area contributed by atoms with Crippen molar-refractivity contribution in [3.63, 3.8) is 0 Å². The normalized spacial score (nSPS) is 16.6. The van der Waals surface area contributed by atoms with Crippen molar-refractivity contribution in [3.05, 3.63) is 70.0 Å². The molecule has 1 saturated heterocycles. The van der Waals surface area contributed by atoms with E-state index in [9.17, 15) is 9.18 Å². The fourth-order valence-electron chi connectivity index (χ4n) is 3.75. The molecule has 1 atom stereocenters. The van der Waals surface area contributed by atoms with Crippen molar-refractivity contribution in [1.29, 1.82) is 0 Å². The van der Waals surface area contributed by atoms with Crippen molar-refractivity contribution in [2.45, 2.75) is 32.0 Å². The second-order valence-electron chi connectivity index (χ2n) is 7.30. The number of H-pyrrole nitrogens is 1. The van der Waals surface area contributed by atoms with Crippen LogP contribution in [0.25, 0.3) is 10.9 Å². The summed E-state index contributed by atoms with van der Waals surface area (Å²) in [5.74, 6) is 0.417. The van der Waals surface area contributed by atoms with Gasteiger partial charge in [-0.3, -0.25) is 9.69 Å². The fraction of sp³-hybridized carbons (Fsp3) is 0.364. The Morgan fingerprint density at radius 1 is 1.28 bits per heavy atom. The SMILES string of the molecule is COc1ccc(CN(Cc2nc3ccccc3c(=O)[nH]2)CC2CCCO2)cc1F. The molecule has 1 aliphatic heterocycles. The van der Waals surface area contributed by atoms with Gasteiger partial charge in [0.2, 0.25) is 0 Å². The zero-order valence-corrected chi connectivity index (χ0v) is 16.4. The highest BCUT2D eigenvalue weighted by Gasteiger charge is 2.21. The maximum absolute atomic E-state index is 14.1. The average Bonchev–Trinajstić information content (AvgIpc) is 3.21. The highest BCUT2D eigenvalue weighted by atomic mass is 19.1. The first-order chi connectivity index (χ1) is 14.1. The highest BCUT2D eigenvalue weighted by Crippen LogP contribution is 2.21. The molecule has 0 bridgehead atoms. The van der Waals surface area contributed by atoms with Gasteiger partial charge in [0.05, 0.1) is 30.7 Å². The Bertz CT molecular complexity index is 1050. The molecule has 1 aliphatic rings. The van der Waals surface area contributed by atoms with Crippen LogP contribution < -0.4 is 10.3 Å². The van der Waals surface area contributed by atoms with Gasteiger partial charge >= 0.3 is 0 Å². The van der Waals surface area contributed by atoms with Gasteiger partial charge in [0, 0.05) is 19.7 Å². The molecule has 2 heterocycles. The number of hydrogen-bond acceptors (Lipinski definition) is 5. The van der Waals surface area contributed by atoms with Gasteiger partial charge in [-0.25, -0.2) is 9.37 Å². The van der Waals surface area contributed by atoms with Gasteiger partial charge in [0.15, 0.2) is 11.6 Å². The van der Waals surface area contributed by atoms with Gasteiger partial charge in [0.1, 0.15) is 5.82 Å². The van der Waals surface area contributed by atoms with E-state index in [0.717, 1.165) is 25.0 Å². The maximum atomic E-state index is 14.1. The summed E-state index contributed by atoms with van der Waals surface area (Å²) in [5.41, 5.74) is 1.33. The van der Waals surface area contributed by atoms with Crippen LogP contribution in [0.3, 0.4) is 0 Å². The van der Waals surface area contributed by atoms with Crippen molar-refractivity contribution < 1.29 is 13.9 Å². The first-order valence-electron chi connectivity index (χ1n) is 9.76. The number of rotatable bonds is 7. The molecule has 1 unspecified atom stereocenters. The number of nitrogens with one attached hydrogen (secondary N) is 1. The molecular weight excluding hydrogens is 373 g/mol. The smallest absolute Gasteiger partial charge is 0.258 e. The molecule has 3 aromatic rings.